The number of hydrogen-bond donors (Lipinski definition) is 4. The van der Waals surface area contributed by atoms with Crippen LogP contribution in [0.15, 0.2) is 84.3 Å². The Morgan fingerprint density at radius 1 is 0.986 bits per heavy atom. The van der Waals surface area contributed by atoms with E-state index in [4.69, 9.17) is 4.74 Å². The van der Waals surface area contributed by atoms with Crippen LogP contribution in [-0.2, 0) is 10.0 Å². The van der Waals surface area contributed by atoms with Crippen LogP contribution >= 0.6 is 0 Å². The van der Waals surface area contributed by atoms with E-state index < -0.39 is 56.4 Å². The highest BCUT2D eigenvalue weighted by Gasteiger charge is 2.50. The predicted octanol–water partition coefficient (Wildman–Crippen LogP) is 9.75. The first kappa shape index (κ1) is 48.3. The fourth-order valence-electron chi connectivity index (χ4n) is 11.4. The molecule has 1 spiro atoms. The summed E-state index contributed by atoms with van der Waals surface area (Å²) in [6.07, 6.45) is 5.99. The zero-order valence-electron chi connectivity index (χ0n) is 39.4. The van der Waals surface area contributed by atoms with Gasteiger partial charge in [0, 0.05) is 74.2 Å². The lowest BCUT2D eigenvalue weighted by atomic mass is 9.59. The van der Waals surface area contributed by atoms with Crippen molar-refractivity contribution in [2.75, 3.05) is 56.0 Å². The molecule has 1 saturated carbocycles. The highest BCUT2D eigenvalue weighted by atomic mass is 32.2. The second kappa shape index (κ2) is 18.7. The van der Waals surface area contributed by atoms with Crippen LogP contribution < -0.4 is 19.7 Å². The van der Waals surface area contributed by atoms with Crippen molar-refractivity contribution in [2.24, 2.45) is 5.41 Å². The van der Waals surface area contributed by atoms with E-state index in [9.17, 15) is 36.5 Å². The lowest BCUT2D eigenvalue weighted by molar-refractivity contribution is -0.384. The number of amides is 1. The summed E-state index contributed by atoms with van der Waals surface area (Å²) in [6, 6.07) is 19.1. The number of benzene rings is 3. The number of pyridine rings is 1. The first-order valence-electron chi connectivity index (χ1n) is 24.1. The van der Waals surface area contributed by atoms with Gasteiger partial charge in [-0.25, -0.2) is 27.5 Å². The Morgan fingerprint density at radius 2 is 1.75 bits per heavy atom. The van der Waals surface area contributed by atoms with Gasteiger partial charge in [0.2, 0.25) is 0 Å². The van der Waals surface area contributed by atoms with E-state index in [0.29, 0.717) is 29.4 Å². The maximum absolute atomic E-state index is 15.9. The zero-order valence-corrected chi connectivity index (χ0v) is 40.2. The minimum absolute atomic E-state index is 0.0532. The van der Waals surface area contributed by atoms with E-state index in [1.54, 1.807) is 24.4 Å². The maximum Gasteiger partial charge on any atom is 0.401 e. The lowest BCUT2D eigenvalue weighted by Gasteiger charge is -2.56. The largest absolute Gasteiger partial charge is 0.455 e. The number of aromatic amines is 2. The molecule has 3 aliphatic heterocycles. The molecule has 0 bridgehead atoms. The van der Waals surface area contributed by atoms with Crippen molar-refractivity contribution >= 4 is 55.1 Å². The molecule has 71 heavy (non-hydrogen) atoms. The lowest BCUT2D eigenvalue weighted by Crippen LogP contribution is -2.54. The van der Waals surface area contributed by atoms with Crippen molar-refractivity contribution in [3.05, 3.63) is 106 Å². The Balaban J connectivity index is 0.861. The highest BCUT2D eigenvalue weighted by molar-refractivity contribution is 7.90. The van der Waals surface area contributed by atoms with Crippen molar-refractivity contribution in [2.45, 2.75) is 100.0 Å². The van der Waals surface area contributed by atoms with Gasteiger partial charge < -0.3 is 24.9 Å². The topological polar surface area (TPSA) is 195 Å². The number of sulfonamides is 1. The molecule has 376 valence electrons. The Kier molecular flexibility index (Phi) is 12.7. The molecule has 6 heterocycles. The molecule has 1 aliphatic carbocycles. The first-order valence-corrected chi connectivity index (χ1v) is 25.6. The molecule has 4 fully saturated rings. The van der Waals surface area contributed by atoms with Gasteiger partial charge in [0.25, 0.3) is 21.6 Å². The maximum atomic E-state index is 15.9. The molecule has 3 aromatic carbocycles. The fraction of sp³-hybridized carbons (Fsp3) is 0.460. The monoisotopic (exact) mass is 1000 g/mol. The van der Waals surface area contributed by atoms with Gasteiger partial charge >= 0.3 is 6.18 Å². The summed E-state index contributed by atoms with van der Waals surface area (Å²) in [5.74, 6) is -0.275. The number of H-pyrrole nitrogens is 2. The molecule has 3 saturated heterocycles. The van der Waals surface area contributed by atoms with Gasteiger partial charge in [-0.3, -0.25) is 24.7 Å². The first-order chi connectivity index (χ1) is 33.9. The summed E-state index contributed by atoms with van der Waals surface area (Å²) in [5, 5.41) is 15.9. The molecule has 1 amide bonds. The Labute approximate surface area is 407 Å². The number of likely N-dealkylation sites (tertiary alicyclic amines) is 2. The normalized spacial score (nSPS) is 19.9. The third-order valence-electron chi connectivity index (χ3n) is 15.2. The van der Waals surface area contributed by atoms with E-state index in [1.165, 1.54) is 36.2 Å². The van der Waals surface area contributed by atoms with Crippen LogP contribution in [0.3, 0.4) is 0 Å². The number of imidazole rings is 1. The number of carbonyl (C=O) groups excluding carboxylic acids is 1. The van der Waals surface area contributed by atoms with Crippen LogP contribution in [0.5, 0.6) is 11.5 Å². The number of nitrogens with zero attached hydrogens (tertiary/aromatic N) is 6. The number of rotatable bonds is 14. The number of alkyl halides is 4. The van der Waals surface area contributed by atoms with E-state index in [0.717, 1.165) is 73.7 Å². The number of nitro benzene ring substituents is 1. The van der Waals surface area contributed by atoms with Crippen molar-refractivity contribution in [3.63, 3.8) is 0 Å². The van der Waals surface area contributed by atoms with Gasteiger partial charge in [-0.05, 0) is 105 Å². The molecule has 6 aromatic rings. The van der Waals surface area contributed by atoms with Crippen LogP contribution in [0, 0.1) is 15.5 Å². The third-order valence-corrected chi connectivity index (χ3v) is 16.5. The number of piperidine rings is 2. The molecule has 21 heteroatoms. The summed E-state index contributed by atoms with van der Waals surface area (Å²) in [4.78, 5) is 45.5. The second-order valence-corrected chi connectivity index (χ2v) is 21.7. The molecule has 4 N–H and O–H groups in total. The predicted molar refractivity (Wildman–Crippen MR) is 260 cm³/mol. The van der Waals surface area contributed by atoms with E-state index in [2.05, 4.69) is 77.9 Å². The summed E-state index contributed by atoms with van der Waals surface area (Å²) < 4.78 is 91.6. The molecular weight excluding hydrogens is 945 g/mol. The number of nitrogens with one attached hydrogen (secondary N) is 4. The molecule has 10 rings (SSSR count). The average molecular weight is 1000 g/mol. The molecule has 3 aromatic heterocycles. The Hall–Kier alpha value is -6.32. The molecule has 16 nitrogen and oxygen atoms in total. The number of aromatic nitrogens is 4. The van der Waals surface area contributed by atoms with Gasteiger partial charge in [-0.2, -0.15) is 13.2 Å². The number of anilines is 2. The average Bonchev–Trinajstić information content (AvgIpc) is 4.12. The quantitative estimate of drug-likeness (QED) is 0.0459. The van der Waals surface area contributed by atoms with E-state index >= 15 is 4.39 Å². The SMILES string of the molecule is CC(C)c1ccccc1C1CCCN1C1CC2(CCN(c3ccc(C(=O)NS(=O)(=O)c4cc([N+](=O)[O-])c(NCC5(F)CCN(CC(F)(F)F)CC5)c5[nH]cnc45)c(Oc4cnc5[nH]ccc5c4)c3)CC2)C1. The summed E-state index contributed by atoms with van der Waals surface area (Å²) in [6.45, 7) is 5.14. The Bertz CT molecular complexity index is 3080. The van der Waals surface area contributed by atoms with Crippen molar-refractivity contribution < 1.29 is 40.4 Å². The molecule has 1 unspecified atom stereocenters. The van der Waals surface area contributed by atoms with Crippen LogP contribution in [0.4, 0.5) is 34.6 Å². The van der Waals surface area contributed by atoms with Gasteiger partial charge in [0.1, 0.15) is 38.9 Å². The number of hydrogen-bond acceptors (Lipinski definition) is 12. The van der Waals surface area contributed by atoms with Gasteiger partial charge in [-0.15, -0.1) is 0 Å². The second-order valence-electron chi connectivity index (χ2n) is 20.1. The summed E-state index contributed by atoms with van der Waals surface area (Å²) >= 11 is 0. The minimum Gasteiger partial charge on any atom is -0.455 e. The number of nitro groups is 1. The number of halogens is 4. The molecule has 4 aliphatic rings. The smallest absolute Gasteiger partial charge is 0.401 e. The molecule has 1 atom stereocenters. The van der Waals surface area contributed by atoms with Crippen molar-refractivity contribution in [1.82, 2.24) is 34.5 Å². The highest BCUT2D eigenvalue weighted by Crippen LogP contribution is 2.54. The Morgan fingerprint density at radius 3 is 2.48 bits per heavy atom. The minimum atomic E-state index is -4.90. The van der Waals surface area contributed by atoms with Crippen LogP contribution in [-0.4, -0.2) is 113 Å². The van der Waals surface area contributed by atoms with Crippen LogP contribution in [0.2, 0.25) is 0 Å². The summed E-state index contributed by atoms with van der Waals surface area (Å²) in [5.41, 5.74) is 0.921. The van der Waals surface area contributed by atoms with Crippen LogP contribution in [0.25, 0.3) is 22.1 Å². The number of carbonyl (C=O) groups is 1. The standard InChI is InChI=1S/C50H56F4N10O6S/c1-31(2)36-6-3-4-7-37(36)39-8-5-17-63(39)34-25-48(26-34)12-20-62(21-13-48)33-9-10-38(41(23-33)70-35-22-32-11-16-55-46(32)56-27-35)47(65)60-71(68,69)42-24-40(64(66)67)43(45-44(42)58-30-59-45)57-28-49(51)14-18-61(19-15-49)29-50(52,53)54/h3-4,6-7,9-11,16,22-24,27,30-31,34,39,57H,5,8,12-15,17-21,25-26,28-29H2,1-2H3,(H,55,56)(H,58,59)(H,60,65). The van der Waals surface area contributed by atoms with E-state index in [-0.39, 0.29) is 59.4 Å². The molecule has 0 radical (unpaired) electrons. The molecular formula is C50H56F4N10O6S. The fourth-order valence-corrected chi connectivity index (χ4v) is 12.6. The van der Waals surface area contributed by atoms with E-state index in [1.807, 2.05) is 6.07 Å². The van der Waals surface area contributed by atoms with Gasteiger partial charge in [0.05, 0.1) is 35.1 Å². The number of fused-ring (bicyclic) bond motifs is 2. The third kappa shape index (κ3) is 9.87. The zero-order chi connectivity index (χ0) is 49.9. The number of ether oxygens (including phenoxy) is 1. The van der Waals surface area contributed by atoms with Gasteiger partial charge in [0.15, 0.2) is 0 Å². The van der Waals surface area contributed by atoms with Crippen molar-refractivity contribution in [3.8, 4) is 11.5 Å². The summed E-state index contributed by atoms with van der Waals surface area (Å²) in [7, 11) is -4.90. The van der Waals surface area contributed by atoms with Crippen LogP contribution in [0.1, 0.15) is 98.7 Å². The van der Waals surface area contributed by atoms with Gasteiger partial charge in [-0.1, -0.05) is 38.1 Å². The van der Waals surface area contributed by atoms with Crippen molar-refractivity contribution in [1.29, 1.82) is 0 Å².